The highest BCUT2D eigenvalue weighted by Gasteiger charge is 2.19. The smallest absolute Gasteiger partial charge is 0.306 e. The van der Waals surface area contributed by atoms with Crippen LogP contribution in [0, 0.1) is 0 Å². The summed E-state index contributed by atoms with van der Waals surface area (Å²) in [5.74, 6) is -0.953. The van der Waals surface area contributed by atoms with Gasteiger partial charge in [-0.25, -0.2) is 0 Å². The third-order valence-electron chi connectivity index (χ3n) is 11.0. The summed E-state index contributed by atoms with van der Waals surface area (Å²) in [6.45, 7) is 6.38. The van der Waals surface area contributed by atoms with E-state index in [9.17, 15) is 14.4 Å². The van der Waals surface area contributed by atoms with Crippen LogP contribution in [0.1, 0.15) is 233 Å². The molecule has 1 atom stereocenters. The van der Waals surface area contributed by atoms with Crippen LogP contribution < -0.4 is 0 Å². The lowest BCUT2D eigenvalue weighted by molar-refractivity contribution is -0.167. The Morgan fingerprint density at radius 1 is 0.318 bits per heavy atom. The highest BCUT2D eigenvalue weighted by atomic mass is 16.6. The molecular formula is C60H98O6. The topological polar surface area (TPSA) is 78.9 Å². The van der Waals surface area contributed by atoms with Crippen molar-refractivity contribution in [1.82, 2.24) is 0 Å². The predicted molar refractivity (Wildman–Crippen MR) is 283 cm³/mol. The summed E-state index contributed by atoms with van der Waals surface area (Å²) in [6, 6.07) is 0. The maximum Gasteiger partial charge on any atom is 0.306 e. The molecule has 0 aliphatic rings. The van der Waals surface area contributed by atoms with E-state index < -0.39 is 6.10 Å². The summed E-state index contributed by atoms with van der Waals surface area (Å²) < 4.78 is 16.8. The molecule has 0 aliphatic carbocycles. The van der Waals surface area contributed by atoms with Gasteiger partial charge in [0, 0.05) is 19.3 Å². The van der Waals surface area contributed by atoms with Gasteiger partial charge in [-0.2, -0.15) is 0 Å². The van der Waals surface area contributed by atoms with Gasteiger partial charge in [0.25, 0.3) is 0 Å². The first kappa shape index (κ1) is 62.1. The van der Waals surface area contributed by atoms with Crippen LogP contribution in [0.25, 0.3) is 0 Å². The molecule has 66 heavy (non-hydrogen) atoms. The number of rotatable bonds is 47. The third kappa shape index (κ3) is 51.1. The van der Waals surface area contributed by atoms with Crippen LogP contribution in [0.15, 0.2) is 109 Å². The number of carbonyl (C=O) groups is 3. The minimum absolute atomic E-state index is 0.0985. The van der Waals surface area contributed by atoms with Crippen LogP contribution in [0.4, 0.5) is 0 Å². The lowest BCUT2D eigenvalue weighted by Gasteiger charge is -2.18. The van der Waals surface area contributed by atoms with Crippen LogP contribution in [0.2, 0.25) is 0 Å². The van der Waals surface area contributed by atoms with E-state index in [1.807, 2.05) is 0 Å². The molecule has 6 heteroatoms. The molecule has 0 aromatic heterocycles. The van der Waals surface area contributed by atoms with Gasteiger partial charge in [0.2, 0.25) is 0 Å². The van der Waals surface area contributed by atoms with E-state index in [1.54, 1.807) is 0 Å². The van der Waals surface area contributed by atoms with Crippen molar-refractivity contribution in [1.29, 1.82) is 0 Å². The molecule has 0 bridgehead atoms. The van der Waals surface area contributed by atoms with Crippen molar-refractivity contribution in [3.8, 4) is 0 Å². The zero-order valence-electron chi connectivity index (χ0n) is 42.7. The van der Waals surface area contributed by atoms with Gasteiger partial charge in [-0.1, -0.05) is 201 Å². The highest BCUT2D eigenvalue weighted by Crippen LogP contribution is 2.13. The number of hydrogen-bond acceptors (Lipinski definition) is 6. The lowest BCUT2D eigenvalue weighted by atomic mass is 10.1. The molecule has 0 heterocycles. The Bertz CT molecular complexity index is 1370. The van der Waals surface area contributed by atoms with Crippen molar-refractivity contribution in [2.75, 3.05) is 13.2 Å². The Kier molecular flexibility index (Phi) is 50.5. The summed E-state index contributed by atoms with van der Waals surface area (Å²) in [5, 5.41) is 0. The van der Waals surface area contributed by atoms with Crippen LogP contribution in [0.5, 0.6) is 0 Å². The molecule has 0 aromatic rings. The molecule has 0 aromatic carbocycles. The SMILES string of the molecule is CC/C=C\C/C=C\C/C=C\C/C=C\C/C=C\C/C=C\CCCCCCC(=O)OCC(COC(=O)CCCCCCC/C=C\CCC)OC(=O)CCCCCCC/C=C\C/C=C\CCCCC. The molecule has 0 radical (unpaired) electrons. The Balaban J connectivity index is 4.41. The van der Waals surface area contributed by atoms with Gasteiger partial charge in [-0.15, -0.1) is 0 Å². The van der Waals surface area contributed by atoms with Crippen molar-refractivity contribution in [2.24, 2.45) is 0 Å². The summed E-state index contributed by atoms with van der Waals surface area (Å²) >= 11 is 0. The van der Waals surface area contributed by atoms with Gasteiger partial charge in [0.15, 0.2) is 6.10 Å². The lowest BCUT2D eigenvalue weighted by Crippen LogP contribution is -2.30. The van der Waals surface area contributed by atoms with Crippen LogP contribution in [-0.2, 0) is 28.6 Å². The number of allylic oxidation sites excluding steroid dienone is 18. The van der Waals surface area contributed by atoms with E-state index in [4.69, 9.17) is 14.2 Å². The fourth-order valence-corrected chi connectivity index (χ4v) is 6.95. The standard InChI is InChI=1S/C60H98O6/c1-4-7-10-13-16-19-22-24-26-27-28-29-30-31-32-33-35-36-38-41-44-47-50-53-59(62)65-56-57(55-64-58(61)52-49-46-43-40-21-18-15-12-9-6-3)66-60(63)54-51-48-45-42-39-37-34-25-23-20-17-14-11-8-5-2/h7,10,12,15-17,19-20,24-26,28-29,31-32,34-36,57H,4-6,8-9,11,13-14,18,21-23,27,30,33,37-56H2,1-3H3/b10-7-,15-12-,19-16-,20-17-,26-24-,29-28-,32-31-,34-25-,36-35-. The zero-order valence-corrected chi connectivity index (χ0v) is 42.7. The average Bonchev–Trinajstić information content (AvgIpc) is 3.31. The Morgan fingerprint density at radius 2 is 0.621 bits per heavy atom. The summed E-state index contributed by atoms with van der Waals surface area (Å²) in [7, 11) is 0. The van der Waals surface area contributed by atoms with Crippen molar-refractivity contribution in [3.63, 3.8) is 0 Å². The van der Waals surface area contributed by atoms with Gasteiger partial charge in [0.05, 0.1) is 0 Å². The van der Waals surface area contributed by atoms with Crippen molar-refractivity contribution < 1.29 is 28.6 Å². The van der Waals surface area contributed by atoms with Gasteiger partial charge in [-0.05, 0) is 122 Å². The predicted octanol–water partition coefficient (Wildman–Crippen LogP) is 17.9. The normalized spacial score (nSPS) is 13.0. The van der Waals surface area contributed by atoms with E-state index in [2.05, 4.69) is 130 Å². The van der Waals surface area contributed by atoms with Crippen LogP contribution in [-0.4, -0.2) is 37.2 Å². The second-order valence-corrected chi connectivity index (χ2v) is 17.4. The molecule has 374 valence electrons. The average molecular weight is 915 g/mol. The Hall–Kier alpha value is -3.93. The molecule has 6 nitrogen and oxygen atoms in total. The molecule has 0 aliphatic heterocycles. The molecule has 0 amide bonds. The molecule has 0 saturated heterocycles. The van der Waals surface area contributed by atoms with Crippen LogP contribution in [0.3, 0.4) is 0 Å². The maximum absolute atomic E-state index is 12.8. The van der Waals surface area contributed by atoms with E-state index in [-0.39, 0.29) is 31.1 Å². The quantitative estimate of drug-likeness (QED) is 0.0262. The monoisotopic (exact) mass is 915 g/mol. The van der Waals surface area contributed by atoms with Gasteiger partial charge in [0.1, 0.15) is 13.2 Å². The van der Waals surface area contributed by atoms with Crippen molar-refractivity contribution in [3.05, 3.63) is 109 Å². The second-order valence-electron chi connectivity index (χ2n) is 17.4. The summed E-state index contributed by atoms with van der Waals surface area (Å²) in [5.41, 5.74) is 0. The Morgan fingerprint density at radius 3 is 1.00 bits per heavy atom. The highest BCUT2D eigenvalue weighted by molar-refractivity contribution is 5.71. The number of carbonyl (C=O) groups excluding carboxylic acids is 3. The fraction of sp³-hybridized carbons (Fsp3) is 0.650. The molecule has 0 N–H and O–H groups in total. The van der Waals surface area contributed by atoms with Gasteiger partial charge in [-0.3, -0.25) is 14.4 Å². The van der Waals surface area contributed by atoms with E-state index in [0.717, 1.165) is 154 Å². The van der Waals surface area contributed by atoms with Gasteiger partial charge >= 0.3 is 17.9 Å². The van der Waals surface area contributed by atoms with E-state index >= 15 is 0 Å². The molecule has 0 fully saturated rings. The minimum atomic E-state index is -0.800. The van der Waals surface area contributed by atoms with Crippen molar-refractivity contribution in [2.45, 2.75) is 239 Å². The fourth-order valence-electron chi connectivity index (χ4n) is 6.95. The van der Waals surface area contributed by atoms with Crippen molar-refractivity contribution >= 4 is 17.9 Å². The Labute approximate surface area is 406 Å². The maximum atomic E-state index is 12.8. The van der Waals surface area contributed by atoms with Gasteiger partial charge < -0.3 is 14.2 Å². The first-order valence-electron chi connectivity index (χ1n) is 26.9. The molecule has 0 saturated carbocycles. The molecule has 0 spiro atoms. The number of ether oxygens (including phenoxy) is 3. The largest absolute Gasteiger partial charge is 0.462 e. The molecular weight excluding hydrogens is 817 g/mol. The zero-order chi connectivity index (χ0) is 47.9. The summed E-state index contributed by atoms with van der Waals surface area (Å²) in [4.78, 5) is 38.0. The summed E-state index contributed by atoms with van der Waals surface area (Å²) in [6.07, 6.45) is 72.2. The molecule has 0 rings (SSSR count). The van der Waals surface area contributed by atoms with E-state index in [0.29, 0.717) is 19.3 Å². The molecule has 1 unspecified atom stereocenters. The second kappa shape index (κ2) is 53.7. The minimum Gasteiger partial charge on any atom is -0.462 e. The number of esters is 3. The number of hydrogen-bond donors (Lipinski definition) is 0. The number of unbranched alkanes of at least 4 members (excludes halogenated alkanes) is 18. The first-order valence-corrected chi connectivity index (χ1v) is 26.9. The third-order valence-corrected chi connectivity index (χ3v) is 11.0. The first-order chi connectivity index (χ1) is 32.5. The van der Waals surface area contributed by atoms with Crippen LogP contribution >= 0.6 is 0 Å². The van der Waals surface area contributed by atoms with E-state index in [1.165, 1.54) is 38.5 Å².